The van der Waals surface area contributed by atoms with Crippen LogP contribution in [-0.4, -0.2) is 29.9 Å². The van der Waals surface area contributed by atoms with Gasteiger partial charge in [0.2, 0.25) is 0 Å². The van der Waals surface area contributed by atoms with Gasteiger partial charge in [-0.25, -0.2) is 4.79 Å². The highest BCUT2D eigenvalue weighted by Crippen LogP contribution is 2.04. The van der Waals surface area contributed by atoms with Gasteiger partial charge in [-0.3, -0.25) is 4.79 Å². The van der Waals surface area contributed by atoms with E-state index in [1.807, 2.05) is 30.3 Å². The second kappa shape index (κ2) is 8.08. The summed E-state index contributed by atoms with van der Waals surface area (Å²) in [6.07, 6.45) is 1.52. The monoisotopic (exact) mass is 261 g/mol. The molecule has 1 aromatic rings. The van der Waals surface area contributed by atoms with Gasteiger partial charge < -0.3 is 9.64 Å². The first-order valence-corrected chi connectivity index (χ1v) is 6.19. The van der Waals surface area contributed by atoms with Gasteiger partial charge in [-0.05, 0) is 12.5 Å². The van der Waals surface area contributed by atoms with Crippen molar-refractivity contribution in [2.75, 3.05) is 13.1 Å². The number of benzene rings is 1. The van der Waals surface area contributed by atoms with Crippen molar-refractivity contribution in [1.82, 2.24) is 4.90 Å². The Morgan fingerprint density at radius 3 is 2.58 bits per heavy atom. The minimum atomic E-state index is -0.426. The summed E-state index contributed by atoms with van der Waals surface area (Å²) in [6, 6.07) is 9.46. The first-order valence-electron chi connectivity index (χ1n) is 6.19. The molecule has 0 aliphatic rings. The second-order valence-electron chi connectivity index (χ2n) is 4.23. The van der Waals surface area contributed by atoms with Crippen LogP contribution < -0.4 is 0 Å². The Morgan fingerprint density at radius 1 is 1.32 bits per heavy atom. The van der Waals surface area contributed by atoms with Crippen LogP contribution in [0.5, 0.6) is 0 Å². The van der Waals surface area contributed by atoms with Crippen molar-refractivity contribution in [3.8, 4) is 0 Å². The molecule has 0 heterocycles. The van der Waals surface area contributed by atoms with E-state index in [2.05, 4.69) is 6.58 Å². The Hall–Kier alpha value is -2.10. The Balaban J connectivity index is 2.47. The summed E-state index contributed by atoms with van der Waals surface area (Å²) in [7, 11) is 0. The number of hydrogen-bond donors (Lipinski definition) is 0. The number of carbonyl (C=O) groups excluding carboxylic acids is 2. The van der Waals surface area contributed by atoms with Crippen molar-refractivity contribution in [3.05, 3.63) is 48.6 Å². The highest BCUT2D eigenvalue weighted by molar-refractivity contribution is 5.76. The van der Waals surface area contributed by atoms with Gasteiger partial charge in [-0.1, -0.05) is 36.4 Å². The summed E-state index contributed by atoms with van der Waals surface area (Å²) in [5.41, 5.74) is 0.931. The summed E-state index contributed by atoms with van der Waals surface area (Å²) in [4.78, 5) is 24.3. The van der Waals surface area contributed by atoms with Crippen LogP contribution >= 0.6 is 0 Å². The maximum Gasteiger partial charge on any atom is 0.410 e. The van der Waals surface area contributed by atoms with E-state index < -0.39 is 6.09 Å². The van der Waals surface area contributed by atoms with Crippen molar-refractivity contribution in [2.45, 2.75) is 20.0 Å². The molecular formula is C15H19NO3. The zero-order valence-corrected chi connectivity index (χ0v) is 11.2. The lowest BCUT2D eigenvalue weighted by Crippen LogP contribution is -2.33. The molecule has 102 valence electrons. The SMILES string of the molecule is C=CCN(CCC(C)=O)C(=O)OCc1ccccc1. The smallest absolute Gasteiger partial charge is 0.410 e. The minimum Gasteiger partial charge on any atom is -0.445 e. The number of carbonyl (C=O) groups is 2. The molecule has 4 heteroatoms. The van der Waals surface area contributed by atoms with Gasteiger partial charge in [-0.2, -0.15) is 0 Å². The van der Waals surface area contributed by atoms with Gasteiger partial charge in [0, 0.05) is 19.5 Å². The van der Waals surface area contributed by atoms with Crippen LogP contribution in [-0.2, 0) is 16.1 Å². The molecule has 0 N–H and O–H groups in total. The molecule has 4 nitrogen and oxygen atoms in total. The van der Waals surface area contributed by atoms with Crippen LogP contribution in [0.3, 0.4) is 0 Å². The molecule has 0 unspecified atom stereocenters. The van der Waals surface area contributed by atoms with Gasteiger partial charge in [0.05, 0.1) is 0 Å². The standard InChI is InChI=1S/C15H19NO3/c1-3-10-16(11-9-13(2)17)15(18)19-12-14-7-5-4-6-8-14/h3-8H,1,9-12H2,2H3. The summed E-state index contributed by atoms with van der Waals surface area (Å²) in [6.45, 7) is 6.06. The molecular weight excluding hydrogens is 242 g/mol. The molecule has 0 saturated heterocycles. The van der Waals surface area contributed by atoms with E-state index >= 15 is 0 Å². The number of hydrogen-bond acceptors (Lipinski definition) is 3. The average Bonchev–Trinajstić information content (AvgIpc) is 2.41. The zero-order chi connectivity index (χ0) is 14.1. The topological polar surface area (TPSA) is 46.6 Å². The van der Waals surface area contributed by atoms with Crippen LogP contribution in [0.1, 0.15) is 18.9 Å². The molecule has 1 rings (SSSR count). The van der Waals surface area contributed by atoms with E-state index in [1.54, 1.807) is 6.08 Å². The van der Waals surface area contributed by atoms with E-state index in [0.29, 0.717) is 19.5 Å². The molecule has 0 saturated carbocycles. The molecule has 0 bridgehead atoms. The lowest BCUT2D eigenvalue weighted by molar-refractivity contribution is -0.117. The predicted octanol–water partition coefficient (Wildman–Crippen LogP) is 2.79. The molecule has 0 atom stereocenters. The number of ketones is 1. The lowest BCUT2D eigenvalue weighted by Gasteiger charge is -2.20. The van der Waals surface area contributed by atoms with E-state index in [4.69, 9.17) is 4.74 Å². The van der Waals surface area contributed by atoms with E-state index in [1.165, 1.54) is 11.8 Å². The third-order valence-corrected chi connectivity index (χ3v) is 2.55. The molecule has 1 aromatic carbocycles. The molecule has 0 aliphatic carbocycles. The number of amides is 1. The maximum absolute atomic E-state index is 11.9. The highest BCUT2D eigenvalue weighted by atomic mass is 16.6. The second-order valence-corrected chi connectivity index (χ2v) is 4.23. The van der Waals surface area contributed by atoms with Crippen molar-refractivity contribution < 1.29 is 14.3 Å². The fourth-order valence-electron chi connectivity index (χ4n) is 1.52. The highest BCUT2D eigenvalue weighted by Gasteiger charge is 2.14. The molecule has 0 spiro atoms. The molecule has 19 heavy (non-hydrogen) atoms. The van der Waals surface area contributed by atoms with E-state index in [9.17, 15) is 9.59 Å². The van der Waals surface area contributed by atoms with E-state index in [0.717, 1.165) is 5.56 Å². The van der Waals surface area contributed by atoms with Gasteiger partial charge in [0.1, 0.15) is 12.4 Å². The van der Waals surface area contributed by atoms with Crippen LogP contribution in [0.15, 0.2) is 43.0 Å². The third kappa shape index (κ3) is 5.86. The van der Waals surface area contributed by atoms with Crippen LogP contribution in [0.2, 0.25) is 0 Å². The Labute approximate surface area is 113 Å². The summed E-state index contributed by atoms with van der Waals surface area (Å²) in [5.74, 6) is 0.0462. The number of ether oxygens (including phenoxy) is 1. The van der Waals surface area contributed by atoms with Crippen LogP contribution in [0, 0.1) is 0 Å². The first kappa shape index (κ1) is 15.0. The molecule has 0 fully saturated rings. The summed E-state index contributed by atoms with van der Waals surface area (Å²) < 4.78 is 5.20. The van der Waals surface area contributed by atoms with Gasteiger partial charge >= 0.3 is 6.09 Å². The Kier molecular flexibility index (Phi) is 6.36. The van der Waals surface area contributed by atoms with Crippen molar-refractivity contribution >= 4 is 11.9 Å². The minimum absolute atomic E-state index is 0.0462. The Bertz CT molecular complexity index is 428. The zero-order valence-electron chi connectivity index (χ0n) is 11.2. The summed E-state index contributed by atoms with van der Waals surface area (Å²) >= 11 is 0. The van der Waals surface area contributed by atoms with Crippen molar-refractivity contribution in [1.29, 1.82) is 0 Å². The molecule has 0 radical (unpaired) electrons. The number of nitrogens with zero attached hydrogens (tertiary/aromatic N) is 1. The summed E-state index contributed by atoms with van der Waals surface area (Å²) in [5, 5.41) is 0. The Morgan fingerprint density at radius 2 is 2.00 bits per heavy atom. The molecule has 1 amide bonds. The fraction of sp³-hybridized carbons (Fsp3) is 0.333. The van der Waals surface area contributed by atoms with Gasteiger partial charge in [0.25, 0.3) is 0 Å². The maximum atomic E-state index is 11.9. The van der Waals surface area contributed by atoms with Crippen molar-refractivity contribution in [3.63, 3.8) is 0 Å². The van der Waals surface area contributed by atoms with Crippen LogP contribution in [0.4, 0.5) is 4.79 Å². The predicted molar refractivity (Wildman–Crippen MR) is 73.7 cm³/mol. The molecule has 0 aromatic heterocycles. The quantitative estimate of drug-likeness (QED) is 0.709. The number of Topliss-reactive ketones (excluding diaryl/α,β-unsaturated/α-hetero) is 1. The first-order chi connectivity index (χ1) is 9.13. The van der Waals surface area contributed by atoms with Crippen LogP contribution in [0.25, 0.3) is 0 Å². The third-order valence-electron chi connectivity index (χ3n) is 2.55. The normalized spacial score (nSPS) is 9.74. The lowest BCUT2D eigenvalue weighted by atomic mass is 10.2. The average molecular weight is 261 g/mol. The van der Waals surface area contributed by atoms with Crippen molar-refractivity contribution in [2.24, 2.45) is 0 Å². The molecule has 0 aliphatic heterocycles. The van der Waals surface area contributed by atoms with Gasteiger partial charge in [-0.15, -0.1) is 6.58 Å². The van der Waals surface area contributed by atoms with Gasteiger partial charge in [0.15, 0.2) is 0 Å². The van der Waals surface area contributed by atoms with E-state index in [-0.39, 0.29) is 12.4 Å². The fourth-order valence-corrected chi connectivity index (χ4v) is 1.52. The largest absolute Gasteiger partial charge is 0.445 e. The number of rotatable bonds is 7.